The first-order chi connectivity index (χ1) is 17.2. The van der Waals surface area contributed by atoms with Crippen molar-refractivity contribution in [3.05, 3.63) is 104 Å². The third-order valence-corrected chi connectivity index (χ3v) is 5.51. The topological polar surface area (TPSA) is 123 Å². The third kappa shape index (κ3) is 7.79. The van der Waals surface area contributed by atoms with Crippen molar-refractivity contribution >= 4 is 46.9 Å². The van der Waals surface area contributed by atoms with Crippen LogP contribution in [0.15, 0.2) is 77.9 Å². The SMILES string of the molecule is C[C@@H](Oc1ccc(Cl)cc1Cl)C(=O)N[C@@H](Cc1ccccc1)C(=O)N/N=C\c1ccc([N+](=O)[O-])cc1. The van der Waals surface area contributed by atoms with Gasteiger partial charge in [0.25, 0.3) is 17.5 Å². The van der Waals surface area contributed by atoms with Crippen molar-refractivity contribution in [3.63, 3.8) is 0 Å². The summed E-state index contributed by atoms with van der Waals surface area (Å²) in [6.07, 6.45) is 0.593. The summed E-state index contributed by atoms with van der Waals surface area (Å²) in [4.78, 5) is 36.0. The molecule has 2 N–H and O–H groups in total. The maximum absolute atomic E-state index is 12.9. The zero-order valence-corrected chi connectivity index (χ0v) is 20.6. The number of hydrogen-bond acceptors (Lipinski definition) is 6. The van der Waals surface area contributed by atoms with E-state index in [9.17, 15) is 19.7 Å². The molecule has 0 saturated heterocycles. The second-order valence-electron chi connectivity index (χ2n) is 7.67. The average molecular weight is 529 g/mol. The van der Waals surface area contributed by atoms with Crippen molar-refractivity contribution < 1.29 is 19.2 Å². The normalized spacial score (nSPS) is 12.5. The number of amides is 2. The van der Waals surface area contributed by atoms with Crippen LogP contribution in [0, 0.1) is 10.1 Å². The van der Waals surface area contributed by atoms with Crippen LogP contribution < -0.4 is 15.5 Å². The van der Waals surface area contributed by atoms with Gasteiger partial charge in [-0.2, -0.15) is 5.10 Å². The van der Waals surface area contributed by atoms with E-state index in [4.69, 9.17) is 27.9 Å². The number of nitro benzene ring substituents is 1. The van der Waals surface area contributed by atoms with Gasteiger partial charge in [-0.25, -0.2) is 5.43 Å². The summed E-state index contributed by atoms with van der Waals surface area (Å²) in [6.45, 7) is 1.53. The fraction of sp³-hybridized carbons (Fsp3) is 0.160. The van der Waals surface area contributed by atoms with Crippen LogP contribution in [-0.2, 0) is 16.0 Å². The Balaban J connectivity index is 1.67. The quantitative estimate of drug-likeness (QED) is 0.227. The second kappa shape index (κ2) is 12.7. The van der Waals surface area contributed by atoms with Crippen molar-refractivity contribution in [2.75, 3.05) is 0 Å². The number of ether oxygens (including phenoxy) is 1. The lowest BCUT2D eigenvalue weighted by Crippen LogP contribution is -2.50. The van der Waals surface area contributed by atoms with Gasteiger partial charge in [-0.3, -0.25) is 19.7 Å². The Kier molecular flexibility index (Phi) is 9.38. The highest BCUT2D eigenvalue weighted by Crippen LogP contribution is 2.28. The maximum atomic E-state index is 12.9. The van der Waals surface area contributed by atoms with E-state index in [-0.39, 0.29) is 22.9 Å². The first-order valence-electron chi connectivity index (χ1n) is 10.8. The van der Waals surface area contributed by atoms with E-state index >= 15 is 0 Å². The van der Waals surface area contributed by atoms with Gasteiger partial charge in [-0.15, -0.1) is 0 Å². The molecule has 0 aliphatic heterocycles. The summed E-state index contributed by atoms with van der Waals surface area (Å²) in [5, 5.41) is 18.1. The Labute approximate surface area is 217 Å². The summed E-state index contributed by atoms with van der Waals surface area (Å²) in [7, 11) is 0. The molecular formula is C25H22Cl2N4O5. The van der Waals surface area contributed by atoms with Gasteiger partial charge >= 0.3 is 0 Å². The van der Waals surface area contributed by atoms with Crippen molar-refractivity contribution in [1.29, 1.82) is 0 Å². The Morgan fingerprint density at radius 1 is 1.06 bits per heavy atom. The molecule has 36 heavy (non-hydrogen) atoms. The maximum Gasteiger partial charge on any atom is 0.269 e. The van der Waals surface area contributed by atoms with Gasteiger partial charge < -0.3 is 10.1 Å². The number of nitrogens with one attached hydrogen (secondary N) is 2. The molecular weight excluding hydrogens is 507 g/mol. The minimum atomic E-state index is -0.960. The van der Waals surface area contributed by atoms with Crippen molar-refractivity contribution in [1.82, 2.24) is 10.7 Å². The predicted octanol–water partition coefficient (Wildman–Crippen LogP) is 4.55. The number of non-ortho nitro benzene ring substituents is 1. The van der Waals surface area contributed by atoms with Crippen LogP contribution in [0.4, 0.5) is 5.69 Å². The lowest BCUT2D eigenvalue weighted by Gasteiger charge is -2.21. The molecule has 0 aliphatic carbocycles. The Hall–Kier alpha value is -3.95. The molecule has 11 heteroatoms. The van der Waals surface area contributed by atoms with E-state index in [2.05, 4.69) is 15.8 Å². The molecule has 9 nitrogen and oxygen atoms in total. The highest BCUT2D eigenvalue weighted by atomic mass is 35.5. The third-order valence-electron chi connectivity index (χ3n) is 4.97. The standard InChI is InChI=1S/C25H22Cl2N4O5/c1-16(36-23-12-9-19(26)14-21(23)27)24(32)29-22(13-17-5-3-2-4-6-17)25(33)30-28-15-18-7-10-20(11-8-18)31(34)35/h2-12,14-16,22H,13H2,1H3,(H,29,32)(H,30,33)/b28-15-/t16-,22+/m1/s1. The molecule has 0 bridgehead atoms. The van der Waals surface area contributed by atoms with Crippen LogP contribution in [0.1, 0.15) is 18.1 Å². The molecule has 186 valence electrons. The Morgan fingerprint density at radius 3 is 2.39 bits per heavy atom. The number of carbonyl (C=O) groups is 2. The van der Waals surface area contributed by atoms with Crippen LogP contribution in [0.2, 0.25) is 10.0 Å². The second-order valence-corrected chi connectivity index (χ2v) is 8.51. The van der Waals surface area contributed by atoms with Gasteiger partial charge in [0.2, 0.25) is 0 Å². The molecule has 0 aliphatic rings. The molecule has 0 spiro atoms. The molecule has 0 aromatic heterocycles. The van der Waals surface area contributed by atoms with E-state index in [1.165, 1.54) is 43.5 Å². The number of benzene rings is 3. The number of nitrogens with zero attached hydrogens (tertiary/aromatic N) is 2. The molecule has 3 aromatic carbocycles. The van der Waals surface area contributed by atoms with Crippen molar-refractivity contribution in [2.24, 2.45) is 5.10 Å². The highest BCUT2D eigenvalue weighted by Gasteiger charge is 2.25. The van der Waals surface area contributed by atoms with Crippen LogP contribution >= 0.6 is 23.2 Å². The summed E-state index contributed by atoms with van der Waals surface area (Å²) < 4.78 is 5.65. The van der Waals surface area contributed by atoms with Gasteiger partial charge in [0, 0.05) is 23.6 Å². The number of rotatable bonds is 10. The molecule has 2 atom stereocenters. The fourth-order valence-electron chi connectivity index (χ4n) is 3.09. The zero-order chi connectivity index (χ0) is 26.1. The van der Waals surface area contributed by atoms with Gasteiger partial charge in [-0.1, -0.05) is 53.5 Å². The van der Waals surface area contributed by atoms with E-state index in [0.29, 0.717) is 10.6 Å². The van der Waals surface area contributed by atoms with Gasteiger partial charge in [0.15, 0.2) is 6.10 Å². The predicted molar refractivity (Wildman–Crippen MR) is 137 cm³/mol. The van der Waals surface area contributed by atoms with Crippen LogP contribution in [0.25, 0.3) is 0 Å². The smallest absolute Gasteiger partial charge is 0.269 e. The summed E-state index contributed by atoms with van der Waals surface area (Å²) in [6, 6.07) is 18.5. The zero-order valence-electron chi connectivity index (χ0n) is 19.1. The molecule has 0 radical (unpaired) electrons. The number of nitro groups is 1. The lowest BCUT2D eigenvalue weighted by molar-refractivity contribution is -0.384. The fourth-order valence-corrected chi connectivity index (χ4v) is 3.55. The lowest BCUT2D eigenvalue weighted by atomic mass is 10.1. The number of carbonyl (C=O) groups excluding carboxylic acids is 2. The first-order valence-corrected chi connectivity index (χ1v) is 11.5. The first kappa shape index (κ1) is 26.7. The van der Waals surface area contributed by atoms with E-state index in [0.717, 1.165) is 5.56 Å². The minimum absolute atomic E-state index is 0.0574. The molecule has 0 saturated carbocycles. The van der Waals surface area contributed by atoms with E-state index in [1.54, 1.807) is 12.1 Å². The summed E-state index contributed by atoms with van der Waals surface area (Å²) >= 11 is 12.0. The monoisotopic (exact) mass is 528 g/mol. The molecule has 2 amide bonds. The number of halogens is 2. The van der Waals surface area contributed by atoms with Gasteiger partial charge in [0.1, 0.15) is 11.8 Å². The molecule has 0 unspecified atom stereocenters. The van der Waals surface area contributed by atoms with Crippen LogP contribution in [-0.4, -0.2) is 35.1 Å². The van der Waals surface area contributed by atoms with Gasteiger partial charge in [-0.05, 0) is 48.4 Å². The number of hydrogen-bond donors (Lipinski definition) is 2. The van der Waals surface area contributed by atoms with Crippen LogP contribution in [0.5, 0.6) is 5.75 Å². The minimum Gasteiger partial charge on any atom is -0.479 e. The molecule has 3 rings (SSSR count). The Morgan fingerprint density at radius 2 is 1.75 bits per heavy atom. The Bertz CT molecular complexity index is 1250. The summed E-state index contributed by atoms with van der Waals surface area (Å²) in [5.41, 5.74) is 3.72. The van der Waals surface area contributed by atoms with Crippen molar-refractivity contribution in [3.8, 4) is 5.75 Å². The largest absolute Gasteiger partial charge is 0.479 e. The van der Waals surface area contributed by atoms with E-state index in [1.807, 2.05) is 30.3 Å². The van der Waals surface area contributed by atoms with Crippen molar-refractivity contribution in [2.45, 2.75) is 25.5 Å². The van der Waals surface area contributed by atoms with Crippen LogP contribution in [0.3, 0.4) is 0 Å². The molecule has 0 heterocycles. The van der Waals surface area contributed by atoms with Gasteiger partial charge in [0.05, 0.1) is 16.2 Å². The molecule has 3 aromatic rings. The van der Waals surface area contributed by atoms with E-state index < -0.39 is 28.9 Å². The highest BCUT2D eigenvalue weighted by molar-refractivity contribution is 6.35. The molecule has 0 fully saturated rings. The average Bonchev–Trinajstić information content (AvgIpc) is 2.86. The summed E-state index contributed by atoms with van der Waals surface area (Å²) in [5.74, 6) is -0.806. The number of hydrazone groups is 1.